The molecule has 7 nitrogen and oxygen atoms in total. The molecule has 34 heavy (non-hydrogen) atoms. The lowest BCUT2D eigenvalue weighted by atomic mass is 10.0. The van der Waals surface area contributed by atoms with Crippen LogP contribution in [0, 0.1) is 6.92 Å². The molecule has 1 N–H and O–H groups in total. The van der Waals surface area contributed by atoms with Gasteiger partial charge in [-0.1, -0.05) is 12.1 Å². The number of amides is 2. The van der Waals surface area contributed by atoms with Gasteiger partial charge < -0.3 is 19.9 Å². The van der Waals surface area contributed by atoms with Gasteiger partial charge in [0.1, 0.15) is 5.60 Å². The number of aromatic nitrogens is 1. The lowest BCUT2D eigenvalue weighted by Gasteiger charge is -2.22. The van der Waals surface area contributed by atoms with Crippen molar-refractivity contribution in [2.75, 3.05) is 33.2 Å². The van der Waals surface area contributed by atoms with E-state index in [0.29, 0.717) is 13.1 Å². The van der Waals surface area contributed by atoms with Gasteiger partial charge in [-0.05, 0) is 76.4 Å². The fourth-order valence-electron chi connectivity index (χ4n) is 4.26. The van der Waals surface area contributed by atoms with Crippen LogP contribution in [0.25, 0.3) is 16.1 Å². The fourth-order valence-corrected chi connectivity index (χ4v) is 5.38. The Hall–Kier alpha value is -2.71. The highest BCUT2D eigenvalue weighted by atomic mass is 32.1. The molecule has 0 spiro atoms. The summed E-state index contributed by atoms with van der Waals surface area (Å²) in [5.74, 6) is 0.00957. The highest BCUT2D eigenvalue weighted by Gasteiger charge is 2.31. The zero-order valence-electron chi connectivity index (χ0n) is 20.7. The third-order valence-corrected chi connectivity index (χ3v) is 7.35. The number of hydrogen-bond acceptors (Lipinski definition) is 6. The summed E-state index contributed by atoms with van der Waals surface area (Å²) in [4.78, 5) is 35.8. The van der Waals surface area contributed by atoms with Crippen LogP contribution in [0.3, 0.4) is 0 Å². The van der Waals surface area contributed by atoms with Crippen molar-refractivity contribution in [2.24, 2.45) is 0 Å². The molecule has 2 aromatic heterocycles. The molecular weight excluding hydrogens is 448 g/mol. The van der Waals surface area contributed by atoms with Crippen molar-refractivity contribution >= 4 is 28.9 Å². The summed E-state index contributed by atoms with van der Waals surface area (Å²) < 4.78 is 5.34. The van der Waals surface area contributed by atoms with Crippen LogP contribution in [-0.2, 0) is 4.74 Å². The second-order valence-electron chi connectivity index (χ2n) is 10.2. The van der Waals surface area contributed by atoms with Crippen LogP contribution in [0.5, 0.6) is 0 Å². The van der Waals surface area contributed by atoms with Gasteiger partial charge >= 0.3 is 6.09 Å². The summed E-state index contributed by atoms with van der Waals surface area (Å²) >= 11 is 1.49. The third kappa shape index (κ3) is 5.85. The van der Waals surface area contributed by atoms with E-state index in [9.17, 15) is 9.59 Å². The molecule has 1 atom stereocenters. The number of ether oxygens (including phenoxy) is 1. The van der Waals surface area contributed by atoms with Gasteiger partial charge in [0.05, 0.1) is 21.5 Å². The van der Waals surface area contributed by atoms with E-state index < -0.39 is 11.7 Å². The molecule has 4 rings (SSSR count). The molecule has 2 aromatic rings. The molecule has 0 aromatic carbocycles. The van der Waals surface area contributed by atoms with Gasteiger partial charge in [0.2, 0.25) is 0 Å². The van der Waals surface area contributed by atoms with E-state index in [1.165, 1.54) is 22.5 Å². The standard InChI is InChI=1S/C26H34N4O3S/c1-17-14-22(21-7-6-19(15-27-21)18-8-11-29(5)12-9-18)34-23(17)24(31)30-13-10-20(16-30)28-25(32)33-26(2,3)4/h6-8,14-15,20H,9-13,16H2,1-5H3,(H,28,32)/t20-/m0/s1. The maximum Gasteiger partial charge on any atom is 0.407 e. The number of carbonyl (C=O) groups is 2. The van der Waals surface area contributed by atoms with E-state index in [0.717, 1.165) is 46.9 Å². The van der Waals surface area contributed by atoms with Crippen molar-refractivity contribution in [1.29, 1.82) is 0 Å². The smallest absolute Gasteiger partial charge is 0.407 e. The monoisotopic (exact) mass is 482 g/mol. The topological polar surface area (TPSA) is 74.8 Å². The van der Waals surface area contributed by atoms with Crippen LogP contribution in [0.2, 0.25) is 0 Å². The van der Waals surface area contributed by atoms with Crippen molar-refractivity contribution in [2.45, 2.75) is 52.2 Å². The van der Waals surface area contributed by atoms with Crippen molar-refractivity contribution in [3.63, 3.8) is 0 Å². The largest absolute Gasteiger partial charge is 0.444 e. The zero-order chi connectivity index (χ0) is 24.5. The van der Waals surface area contributed by atoms with Crippen LogP contribution in [0.15, 0.2) is 30.5 Å². The molecule has 0 bridgehead atoms. The first-order valence-electron chi connectivity index (χ1n) is 11.8. The second-order valence-corrected chi connectivity index (χ2v) is 11.2. The van der Waals surface area contributed by atoms with Crippen LogP contribution >= 0.6 is 11.3 Å². The van der Waals surface area contributed by atoms with E-state index in [-0.39, 0.29) is 11.9 Å². The molecule has 0 radical (unpaired) electrons. The van der Waals surface area contributed by atoms with E-state index in [2.05, 4.69) is 29.4 Å². The molecule has 4 heterocycles. The number of thiophene rings is 1. The highest BCUT2D eigenvalue weighted by molar-refractivity contribution is 7.17. The molecule has 182 valence electrons. The summed E-state index contributed by atoms with van der Waals surface area (Å²) in [5, 5.41) is 2.88. The third-order valence-electron chi connectivity index (χ3n) is 6.11. The maximum atomic E-state index is 13.2. The Balaban J connectivity index is 1.40. The summed E-state index contributed by atoms with van der Waals surface area (Å²) in [7, 11) is 2.13. The van der Waals surface area contributed by atoms with Crippen LogP contribution in [0.1, 0.15) is 54.4 Å². The van der Waals surface area contributed by atoms with Crippen molar-refractivity contribution in [3.05, 3.63) is 46.5 Å². The van der Waals surface area contributed by atoms with Gasteiger partial charge in [-0.25, -0.2) is 4.79 Å². The maximum absolute atomic E-state index is 13.2. The van der Waals surface area contributed by atoms with E-state index in [4.69, 9.17) is 9.72 Å². The minimum atomic E-state index is -0.543. The Morgan fingerprint density at radius 3 is 2.68 bits per heavy atom. The SMILES string of the molecule is Cc1cc(-c2ccc(C3=CCN(C)CC3)cn2)sc1C(=O)N1CC[C@H](NC(=O)OC(C)(C)C)C1. The lowest BCUT2D eigenvalue weighted by molar-refractivity contribution is 0.0502. The van der Waals surface area contributed by atoms with Gasteiger partial charge in [-0.3, -0.25) is 9.78 Å². The quantitative estimate of drug-likeness (QED) is 0.691. The lowest BCUT2D eigenvalue weighted by Crippen LogP contribution is -2.41. The van der Waals surface area contributed by atoms with Crippen LogP contribution in [0.4, 0.5) is 4.79 Å². The van der Waals surface area contributed by atoms with E-state index in [1.807, 2.05) is 50.9 Å². The molecule has 1 fully saturated rings. The molecule has 2 aliphatic rings. The van der Waals surface area contributed by atoms with Crippen molar-refractivity contribution < 1.29 is 14.3 Å². The van der Waals surface area contributed by atoms with Gasteiger partial charge in [0, 0.05) is 32.4 Å². The number of alkyl carbamates (subject to hydrolysis) is 1. The molecule has 0 unspecified atom stereocenters. The Bertz CT molecular complexity index is 1080. The van der Waals surface area contributed by atoms with E-state index >= 15 is 0 Å². The van der Waals surface area contributed by atoms with E-state index in [1.54, 1.807) is 0 Å². The molecule has 2 amide bonds. The summed E-state index contributed by atoms with van der Waals surface area (Å²) in [6.07, 6.45) is 5.53. The number of aryl methyl sites for hydroxylation is 1. The predicted molar refractivity (Wildman–Crippen MR) is 136 cm³/mol. The number of hydrogen-bond donors (Lipinski definition) is 1. The normalized spacial score (nSPS) is 19.1. The fraction of sp³-hybridized carbons (Fsp3) is 0.500. The number of nitrogens with one attached hydrogen (secondary N) is 1. The Kier molecular flexibility index (Phi) is 7.09. The number of pyridine rings is 1. The van der Waals surface area contributed by atoms with Gasteiger partial charge in [0.15, 0.2) is 0 Å². The first kappa shape index (κ1) is 24.4. The summed E-state index contributed by atoms with van der Waals surface area (Å²) in [5.41, 5.74) is 3.81. The first-order chi connectivity index (χ1) is 16.1. The first-order valence-corrected chi connectivity index (χ1v) is 12.6. The van der Waals surface area contributed by atoms with Gasteiger partial charge in [0.25, 0.3) is 5.91 Å². The number of likely N-dealkylation sites (N-methyl/N-ethyl adjacent to an activating group) is 1. The Labute approximate surface area is 205 Å². The van der Waals surface area contributed by atoms with Crippen LogP contribution < -0.4 is 5.32 Å². The predicted octanol–water partition coefficient (Wildman–Crippen LogP) is 4.58. The van der Waals surface area contributed by atoms with Crippen LogP contribution in [-0.4, -0.2) is 71.7 Å². The minimum absolute atomic E-state index is 0.00957. The second kappa shape index (κ2) is 9.88. The molecular formula is C26H34N4O3S. The molecule has 0 aliphatic carbocycles. The number of rotatable bonds is 4. The average molecular weight is 483 g/mol. The average Bonchev–Trinajstić information content (AvgIpc) is 3.39. The number of carbonyl (C=O) groups excluding carboxylic acids is 2. The molecule has 1 saturated heterocycles. The van der Waals surface area contributed by atoms with Gasteiger partial charge in [-0.2, -0.15) is 0 Å². The molecule has 2 aliphatic heterocycles. The molecule has 0 saturated carbocycles. The summed E-state index contributed by atoms with van der Waals surface area (Å²) in [6, 6.07) is 6.12. The number of likely N-dealkylation sites (tertiary alicyclic amines) is 1. The summed E-state index contributed by atoms with van der Waals surface area (Å²) in [6.45, 7) is 10.6. The highest BCUT2D eigenvalue weighted by Crippen LogP contribution is 2.32. The Morgan fingerprint density at radius 1 is 1.24 bits per heavy atom. The number of nitrogens with zero attached hydrogens (tertiary/aromatic N) is 3. The zero-order valence-corrected chi connectivity index (χ0v) is 21.5. The van der Waals surface area contributed by atoms with Gasteiger partial charge in [-0.15, -0.1) is 11.3 Å². The minimum Gasteiger partial charge on any atom is -0.444 e. The molecule has 8 heteroatoms. The van der Waals surface area contributed by atoms with Crippen molar-refractivity contribution in [1.82, 2.24) is 20.1 Å². The Morgan fingerprint density at radius 2 is 2.03 bits per heavy atom. The van der Waals surface area contributed by atoms with Crippen molar-refractivity contribution in [3.8, 4) is 10.6 Å².